The smallest absolute Gasteiger partial charge is 0.255 e. The van der Waals surface area contributed by atoms with Gasteiger partial charge in [-0.25, -0.2) is 0 Å². The first-order valence-corrected chi connectivity index (χ1v) is 6.70. The Labute approximate surface area is 111 Å². The molecule has 18 heavy (non-hydrogen) atoms. The lowest BCUT2D eigenvalue weighted by atomic mass is 10.0. The van der Waals surface area contributed by atoms with Crippen LogP contribution in [0, 0.1) is 5.41 Å². The monoisotopic (exact) mass is 265 g/mol. The van der Waals surface area contributed by atoms with Crippen molar-refractivity contribution in [2.45, 2.75) is 32.6 Å². The first-order valence-electron chi connectivity index (χ1n) is 6.33. The molecule has 5 nitrogen and oxygen atoms in total. The molecule has 0 atom stereocenters. The Morgan fingerprint density at radius 1 is 1.50 bits per heavy atom. The van der Waals surface area contributed by atoms with E-state index in [1.807, 2.05) is 0 Å². The van der Waals surface area contributed by atoms with Crippen molar-refractivity contribution in [1.82, 2.24) is 19.6 Å². The van der Waals surface area contributed by atoms with E-state index in [9.17, 15) is 0 Å². The standard InChI is InChI=1S/C12H16ClN5/c1-2-3-12(4-5-12)7-14-10-6-9(13)17-11-15-8-16-18(10)11/h6,8,14H,2-5,7H2,1H3. The summed E-state index contributed by atoms with van der Waals surface area (Å²) in [6.07, 6.45) is 6.62. The van der Waals surface area contributed by atoms with E-state index in [-0.39, 0.29) is 0 Å². The lowest BCUT2D eigenvalue weighted by molar-refractivity contribution is 0.484. The first kappa shape index (κ1) is 11.7. The van der Waals surface area contributed by atoms with Crippen molar-refractivity contribution in [2.24, 2.45) is 5.41 Å². The molecule has 0 aliphatic heterocycles. The maximum Gasteiger partial charge on any atom is 0.255 e. The number of fused-ring (bicyclic) bond motifs is 1. The average molecular weight is 266 g/mol. The fourth-order valence-electron chi connectivity index (χ4n) is 2.41. The van der Waals surface area contributed by atoms with Gasteiger partial charge in [-0.15, -0.1) is 0 Å². The van der Waals surface area contributed by atoms with Crippen LogP contribution in [0.25, 0.3) is 5.78 Å². The third-order valence-electron chi connectivity index (χ3n) is 3.60. The van der Waals surface area contributed by atoms with Crippen molar-refractivity contribution >= 4 is 23.2 Å². The number of anilines is 1. The predicted molar refractivity (Wildman–Crippen MR) is 70.9 cm³/mol. The van der Waals surface area contributed by atoms with Gasteiger partial charge in [0.05, 0.1) is 0 Å². The third kappa shape index (κ3) is 2.14. The van der Waals surface area contributed by atoms with E-state index in [4.69, 9.17) is 11.6 Å². The molecular weight excluding hydrogens is 250 g/mol. The van der Waals surface area contributed by atoms with E-state index < -0.39 is 0 Å². The molecule has 6 heteroatoms. The fourth-order valence-corrected chi connectivity index (χ4v) is 2.59. The Balaban J connectivity index is 1.80. The van der Waals surface area contributed by atoms with Crippen LogP contribution < -0.4 is 5.32 Å². The molecule has 1 N–H and O–H groups in total. The summed E-state index contributed by atoms with van der Waals surface area (Å²) in [7, 11) is 0. The molecule has 1 aliphatic rings. The van der Waals surface area contributed by atoms with Crippen molar-refractivity contribution in [2.75, 3.05) is 11.9 Å². The number of nitrogens with one attached hydrogen (secondary N) is 1. The van der Waals surface area contributed by atoms with Gasteiger partial charge in [-0.3, -0.25) is 0 Å². The highest BCUT2D eigenvalue weighted by Crippen LogP contribution is 2.49. The van der Waals surface area contributed by atoms with Gasteiger partial charge in [0.1, 0.15) is 17.3 Å². The second-order valence-electron chi connectivity index (χ2n) is 5.04. The molecule has 2 heterocycles. The molecule has 96 valence electrons. The summed E-state index contributed by atoms with van der Waals surface area (Å²) in [6, 6.07) is 1.80. The highest BCUT2D eigenvalue weighted by Gasteiger charge is 2.41. The second kappa shape index (κ2) is 4.39. The van der Waals surface area contributed by atoms with E-state index in [1.165, 1.54) is 32.0 Å². The van der Waals surface area contributed by atoms with Crippen molar-refractivity contribution < 1.29 is 0 Å². The Bertz CT molecular complexity index is 561. The zero-order chi connectivity index (χ0) is 12.6. The van der Waals surface area contributed by atoms with Crippen LogP contribution in [-0.2, 0) is 0 Å². The van der Waals surface area contributed by atoms with Crippen molar-refractivity contribution in [1.29, 1.82) is 0 Å². The number of halogens is 1. The summed E-state index contributed by atoms with van der Waals surface area (Å²) >= 11 is 5.98. The number of hydrogen-bond acceptors (Lipinski definition) is 4. The molecule has 1 aliphatic carbocycles. The topological polar surface area (TPSA) is 55.1 Å². The number of hydrogen-bond donors (Lipinski definition) is 1. The Kier molecular flexibility index (Phi) is 2.86. The second-order valence-corrected chi connectivity index (χ2v) is 5.43. The van der Waals surface area contributed by atoms with Crippen LogP contribution in [0.3, 0.4) is 0 Å². The zero-order valence-electron chi connectivity index (χ0n) is 10.4. The molecular formula is C12H16ClN5. The molecule has 1 saturated carbocycles. The molecule has 0 saturated heterocycles. The number of rotatable bonds is 5. The normalized spacial score (nSPS) is 17.0. The third-order valence-corrected chi connectivity index (χ3v) is 3.80. The van der Waals surface area contributed by atoms with E-state index in [2.05, 4.69) is 27.3 Å². The van der Waals surface area contributed by atoms with Crippen LogP contribution in [0.5, 0.6) is 0 Å². The Hall–Kier alpha value is -1.36. The summed E-state index contributed by atoms with van der Waals surface area (Å²) in [5.74, 6) is 1.40. The SMILES string of the molecule is CCCC1(CNc2cc(Cl)nc3ncnn23)CC1. The van der Waals surface area contributed by atoms with Gasteiger partial charge in [0.15, 0.2) is 0 Å². The maximum absolute atomic E-state index is 5.98. The van der Waals surface area contributed by atoms with Crippen molar-refractivity contribution in [3.05, 3.63) is 17.5 Å². The number of aromatic nitrogens is 4. The summed E-state index contributed by atoms with van der Waals surface area (Å²) in [5, 5.41) is 8.03. The molecule has 0 bridgehead atoms. The maximum atomic E-state index is 5.98. The lowest BCUT2D eigenvalue weighted by Gasteiger charge is -2.16. The number of nitrogens with zero attached hydrogens (tertiary/aromatic N) is 4. The van der Waals surface area contributed by atoms with Gasteiger partial charge in [-0.2, -0.15) is 19.6 Å². The van der Waals surface area contributed by atoms with Gasteiger partial charge < -0.3 is 5.32 Å². The van der Waals surface area contributed by atoms with Crippen LogP contribution in [0.15, 0.2) is 12.4 Å². The highest BCUT2D eigenvalue weighted by molar-refractivity contribution is 6.29. The van der Waals surface area contributed by atoms with Crippen molar-refractivity contribution in [3.8, 4) is 0 Å². The molecule has 0 amide bonds. The van der Waals surface area contributed by atoms with Gasteiger partial charge >= 0.3 is 0 Å². The Morgan fingerprint density at radius 2 is 2.33 bits per heavy atom. The summed E-state index contributed by atoms with van der Waals surface area (Å²) in [6.45, 7) is 3.20. The van der Waals surface area contributed by atoms with Crippen LogP contribution in [0.1, 0.15) is 32.6 Å². The Morgan fingerprint density at radius 3 is 3.06 bits per heavy atom. The van der Waals surface area contributed by atoms with E-state index >= 15 is 0 Å². The molecule has 0 spiro atoms. The molecule has 3 rings (SSSR count). The summed E-state index contributed by atoms with van der Waals surface area (Å²) in [4.78, 5) is 8.16. The quantitative estimate of drug-likeness (QED) is 0.845. The average Bonchev–Trinajstić information content (AvgIpc) is 2.94. The fraction of sp³-hybridized carbons (Fsp3) is 0.583. The molecule has 2 aromatic rings. The van der Waals surface area contributed by atoms with E-state index in [0.717, 1.165) is 12.4 Å². The highest BCUT2D eigenvalue weighted by atomic mass is 35.5. The zero-order valence-corrected chi connectivity index (χ0v) is 11.1. The molecule has 1 fully saturated rings. The minimum atomic E-state index is 0.443. The largest absolute Gasteiger partial charge is 0.369 e. The molecule has 0 radical (unpaired) electrons. The van der Waals surface area contributed by atoms with Crippen LogP contribution >= 0.6 is 11.6 Å². The van der Waals surface area contributed by atoms with Gasteiger partial charge in [0, 0.05) is 12.6 Å². The van der Waals surface area contributed by atoms with Crippen molar-refractivity contribution in [3.63, 3.8) is 0 Å². The molecule has 2 aromatic heterocycles. The minimum absolute atomic E-state index is 0.443. The summed E-state index contributed by atoms with van der Waals surface area (Å²) in [5.41, 5.74) is 0.484. The van der Waals surface area contributed by atoms with Crippen LogP contribution in [0.4, 0.5) is 5.82 Å². The van der Waals surface area contributed by atoms with E-state index in [0.29, 0.717) is 16.3 Å². The van der Waals surface area contributed by atoms with Gasteiger partial charge in [-0.1, -0.05) is 24.9 Å². The molecule has 0 unspecified atom stereocenters. The first-order chi connectivity index (χ1) is 8.72. The predicted octanol–water partition coefficient (Wildman–Crippen LogP) is 2.77. The summed E-state index contributed by atoms with van der Waals surface area (Å²) < 4.78 is 1.69. The van der Waals surface area contributed by atoms with Crippen LogP contribution in [-0.4, -0.2) is 26.1 Å². The van der Waals surface area contributed by atoms with Crippen LogP contribution in [0.2, 0.25) is 5.15 Å². The minimum Gasteiger partial charge on any atom is -0.369 e. The molecule has 0 aromatic carbocycles. The van der Waals surface area contributed by atoms with Gasteiger partial charge in [0.25, 0.3) is 5.78 Å². The van der Waals surface area contributed by atoms with E-state index in [1.54, 1.807) is 10.6 Å². The van der Waals surface area contributed by atoms with Gasteiger partial charge in [-0.05, 0) is 24.7 Å². The van der Waals surface area contributed by atoms with Gasteiger partial charge in [0.2, 0.25) is 0 Å². The lowest BCUT2D eigenvalue weighted by Crippen LogP contribution is -2.17.